The number of anilines is 1. The molecule has 0 bridgehead atoms. The van der Waals surface area contributed by atoms with Crippen LogP contribution < -0.4 is 21.3 Å². The summed E-state index contributed by atoms with van der Waals surface area (Å²) in [6.07, 6.45) is 6.07. The van der Waals surface area contributed by atoms with E-state index in [0.717, 1.165) is 71.0 Å². The molecule has 4 aromatic rings. The Morgan fingerprint density at radius 2 is 1.78 bits per heavy atom. The number of β-amino-alcohol motifs (C(OH)–C–C–N with tert-alkyl or cyclic N) is 1. The van der Waals surface area contributed by atoms with Crippen molar-refractivity contribution in [3.8, 4) is 10.4 Å². The molecule has 1 aromatic carbocycles. The average Bonchev–Trinajstić information content (AvgIpc) is 4.03. The van der Waals surface area contributed by atoms with Gasteiger partial charge in [-0.05, 0) is 49.1 Å². The lowest BCUT2D eigenvalue weighted by molar-refractivity contribution is -0.142. The number of benzene rings is 1. The minimum Gasteiger partial charge on any atom is -0.391 e. The molecular weight excluding hydrogens is 771 g/mol. The first kappa shape index (κ1) is 44.1. The number of aromatic nitrogens is 4. The van der Waals surface area contributed by atoms with E-state index in [9.17, 15) is 19.5 Å². The fourth-order valence-electron chi connectivity index (χ4n) is 7.86. The lowest BCUT2D eigenvalue weighted by Gasteiger charge is -2.35. The Morgan fingerprint density at radius 1 is 1.02 bits per heavy atom. The van der Waals surface area contributed by atoms with Crippen molar-refractivity contribution in [1.29, 1.82) is 0 Å². The first-order chi connectivity index (χ1) is 28.4. The minimum absolute atomic E-state index is 0.0274. The van der Waals surface area contributed by atoms with Gasteiger partial charge in [-0.1, -0.05) is 58.4 Å². The molecule has 15 nitrogen and oxygen atoms in total. The Bertz CT molecular complexity index is 2000. The van der Waals surface area contributed by atoms with E-state index in [-0.39, 0.29) is 49.2 Å². The molecule has 3 aromatic heterocycles. The summed E-state index contributed by atoms with van der Waals surface area (Å²) in [5.74, 6) is 0.393. The van der Waals surface area contributed by atoms with Crippen molar-refractivity contribution >= 4 is 40.5 Å². The van der Waals surface area contributed by atoms with Crippen molar-refractivity contribution in [2.75, 3.05) is 44.8 Å². The number of nitrogens with one attached hydrogen (secondary N) is 4. The highest BCUT2D eigenvalue weighted by atomic mass is 32.1. The Balaban J connectivity index is 0.855. The SMILES string of the molecule is CCCc1cc(N[C@@H]2CC[C@@H](NC(=O)CCOCCOCCNC(C(=O)N3C[C@H](O)C[C@H]3C(=O)NCc3ccc(-c4scnc4C)cc3)C(C)(C)C)C2)n2nccc2n1. The first-order valence-corrected chi connectivity index (χ1v) is 21.8. The number of carbonyl (C=O) groups is 3. The summed E-state index contributed by atoms with van der Waals surface area (Å²) < 4.78 is 13.3. The van der Waals surface area contributed by atoms with E-state index >= 15 is 0 Å². The van der Waals surface area contributed by atoms with E-state index in [1.54, 1.807) is 17.5 Å². The minimum atomic E-state index is -0.782. The van der Waals surface area contributed by atoms with E-state index in [1.165, 1.54) is 4.90 Å². The maximum absolute atomic E-state index is 13.9. The predicted octanol–water partition coefficient (Wildman–Crippen LogP) is 4.27. The van der Waals surface area contributed by atoms with Crippen LogP contribution in [0, 0.1) is 12.3 Å². The zero-order valence-corrected chi connectivity index (χ0v) is 35.9. The summed E-state index contributed by atoms with van der Waals surface area (Å²) in [7, 11) is 0. The molecule has 3 amide bonds. The van der Waals surface area contributed by atoms with Crippen molar-refractivity contribution in [1.82, 2.24) is 40.4 Å². The molecule has 59 heavy (non-hydrogen) atoms. The number of carbonyl (C=O) groups excluding carboxylic acids is 3. The van der Waals surface area contributed by atoms with Gasteiger partial charge in [-0.2, -0.15) is 9.61 Å². The van der Waals surface area contributed by atoms with Crippen molar-refractivity contribution < 1.29 is 29.0 Å². The van der Waals surface area contributed by atoms with Crippen molar-refractivity contribution in [2.24, 2.45) is 5.41 Å². The van der Waals surface area contributed by atoms with Gasteiger partial charge in [0, 0.05) is 62.4 Å². The van der Waals surface area contributed by atoms with Gasteiger partial charge in [0.2, 0.25) is 17.7 Å². The molecule has 6 rings (SSSR count). The second kappa shape index (κ2) is 20.7. The highest BCUT2D eigenvalue weighted by Gasteiger charge is 2.43. The van der Waals surface area contributed by atoms with Gasteiger partial charge < -0.3 is 40.7 Å². The fourth-order valence-corrected chi connectivity index (χ4v) is 8.67. The average molecular weight is 832 g/mol. The maximum atomic E-state index is 13.9. The summed E-state index contributed by atoms with van der Waals surface area (Å²) >= 11 is 1.59. The summed E-state index contributed by atoms with van der Waals surface area (Å²) in [5.41, 5.74) is 6.24. The van der Waals surface area contributed by atoms with Gasteiger partial charge in [-0.15, -0.1) is 11.3 Å². The molecule has 1 unspecified atom stereocenters. The number of thiazole rings is 1. The number of hydrogen-bond donors (Lipinski definition) is 5. The number of nitrogens with zero attached hydrogens (tertiary/aromatic N) is 5. The van der Waals surface area contributed by atoms with E-state index < -0.39 is 23.6 Å². The number of aryl methyl sites for hydroxylation is 2. The van der Waals surface area contributed by atoms with Gasteiger partial charge in [0.25, 0.3) is 0 Å². The van der Waals surface area contributed by atoms with Crippen LogP contribution in [0.3, 0.4) is 0 Å². The summed E-state index contributed by atoms with van der Waals surface area (Å²) in [4.78, 5) is 51.6. The van der Waals surface area contributed by atoms with Crippen LogP contribution in [0.5, 0.6) is 0 Å². The summed E-state index contributed by atoms with van der Waals surface area (Å²) in [6.45, 7) is 12.2. The topological polar surface area (TPSA) is 184 Å². The zero-order chi connectivity index (χ0) is 41.9. The number of aliphatic hydroxyl groups excluding tert-OH is 1. The van der Waals surface area contributed by atoms with E-state index in [0.29, 0.717) is 39.5 Å². The van der Waals surface area contributed by atoms with Crippen LogP contribution in [0.25, 0.3) is 16.1 Å². The normalized spacial score (nSPS) is 19.9. The molecule has 2 aliphatic rings. The number of aliphatic hydroxyl groups is 1. The molecule has 1 aliphatic carbocycles. The zero-order valence-electron chi connectivity index (χ0n) is 35.0. The molecule has 4 heterocycles. The molecule has 0 spiro atoms. The molecule has 5 atom stereocenters. The molecule has 16 heteroatoms. The number of hydrogen-bond acceptors (Lipinski definition) is 12. The van der Waals surface area contributed by atoms with Crippen LogP contribution in [0.4, 0.5) is 5.82 Å². The van der Waals surface area contributed by atoms with Gasteiger partial charge in [-0.25, -0.2) is 9.97 Å². The van der Waals surface area contributed by atoms with Crippen molar-refractivity contribution in [3.05, 3.63) is 65.1 Å². The fraction of sp³-hybridized carbons (Fsp3) is 0.581. The Labute approximate surface area is 351 Å². The van der Waals surface area contributed by atoms with Gasteiger partial charge in [-0.3, -0.25) is 14.4 Å². The number of likely N-dealkylation sites (tertiary alicyclic amines) is 1. The Morgan fingerprint density at radius 3 is 2.51 bits per heavy atom. The van der Waals surface area contributed by atoms with Crippen molar-refractivity contribution in [2.45, 2.75) is 116 Å². The first-order valence-electron chi connectivity index (χ1n) is 20.9. The van der Waals surface area contributed by atoms with E-state index in [1.807, 2.05) is 68.1 Å². The highest BCUT2D eigenvalue weighted by Crippen LogP contribution is 2.29. The van der Waals surface area contributed by atoms with E-state index in [4.69, 9.17) is 9.47 Å². The summed E-state index contributed by atoms with van der Waals surface area (Å²) in [6, 6.07) is 11.0. The van der Waals surface area contributed by atoms with Crippen LogP contribution in [0.15, 0.2) is 48.1 Å². The largest absolute Gasteiger partial charge is 0.391 e. The number of rotatable bonds is 20. The summed E-state index contributed by atoms with van der Waals surface area (Å²) in [5, 5.41) is 28.1. The van der Waals surface area contributed by atoms with Gasteiger partial charge in [0.15, 0.2) is 5.65 Å². The molecule has 320 valence electrons. The third-order valence-corrected chi connectivity index (χ3v) is 11.9. The second-order valence-electron chi connectivity index (χ2n) is 16.7. The molecule has 0 radical (unpaired) electrons. The lowest BCUT2D eigenvalue weighted by Crippen LogP contribution is -2.57. The van der Waals surface area contributed by atoms with Crippen LogP contribution in [-0.2, 0) is 36.8 Å². The Hall–Kier alpha value is -4.48. The molecule has 1 saturated carbocycles. The van der Waals surface area contributed by atoms with Crippen LogP contribution >= 0.6 is 11.3 Å². The van der Waals surface area contributed by atoms with Crippen LogP contribution in [0.2, 0.25) is 0 Å². The second-order valence-corrected chi connectivity index (χ2v) is 17.6. The third kappa shape index (κ3) is 12.1. The van der Waals surface area contributed by atoms with Crippen LogP contribution in [-0.4, -0.2) is 117 Å². The smallest absolute Gasteiger partial charge is 0.243 e. The maximum Gasteiger partial charge on any atom is 0.243 e. The highest BCUT2D eigenvalue weighted by molar-refractivity contribution is 7.13. The quantitative estimate of drug-likeness (QED) is 0.0803. The van der Waals surface area contributed by atoms with Gasteiger partial charge in [0.1, 0.15) is 11.9 Å². The number of ether oxygens (including phenoxy) is 2. The Kier molecular flexibility index (Phi) is 15.4. The monoisotopic (exact) mass is 831 g/mol. The van der Waals surface area contributed by atoms with Gasteiger partial charge >= 0.3 is 0 Å². The third-order valence-electron chi connectivity index (χ3n) is 10.9. The van der Waals surface area contributed by atoms with Crippen molar-refractivity contribution in [3.63, 3.8) is 0 Å². The van der Waals surface area contributed by atoms with Gasteiger partial charge in [0.05, 0.1) is 60.9 Å². The van der Waals surface area contributed by atoms with E-state index in [2.05, 4.69) is 49.3 Å². The molecule has 2 fully saturated rings. The predicted molar refractivity (Wildman–Crippen MR) is 228 cm³/mol. The number of amides is 3. The number of fused-ring (bicyclic) bond motifs is 1. The standard InChI is InChI=1S/C43H61N9O6S/c1-6-7-31-23-37(52-36(48-31)14-16-47-52)49-32-12-13-33(22-32)50-38(54)15-18-57-20-21-58-19-17-44-40(43(3,4)5)42(56)51-26-34(53)24-35(51)41(55)45-25-29-8-10-30(11-9-29)39-28(2)46-27-59-39/h8-11,14,16,23,27,32-35,40,44,49,53H,6-7,12-13,15,17-22,24-26H2,1-5H3,(H,45,55)(H,50,54)/t32-,33-,34-,35+,40?/m1/s1. The molecule has 1 aliphatic heterocycles. The van der Waals surface area contributed by atoms with Crippen LogP contribution in [0.1, 0.15) is 83.2 Å². The molecule has 5 N–H and O–H groups in total. The molecular formula is C43H61N9O6S. The lowest BCUT2D eigenvalue weighted by atomic mass is 9.85. The molecule has 1 saturated heterocycles.